The molecule has 0 spiro atoms. The number of hydrogen-bond acceptors (Lipinski definition) is 1. The highest BCUT2D eigenvalue weighted by atomic mass is 79.9. The predicted octanol–water partition coefficient (Wildman–Crippen LogP) is 8.14. The SMILES string of the molecule is CC=CCc1c(F)c(C)cc(Oc2cc(C)c(F)c(CC=CC)c2Br)c1Br. The molecule has 0 aliphatic carbocycles. The second-order valence-corrected chi connectivity index (χ2v) is 7.83. The van der Waals surface area contributed by atoms with Crippen molar-refractivity contribution >= 4 is 31.9 Å². The fourth-order valence-corrected chi connectivity index (χ4v) is 3.77. The van der Waals surface area contributed by atoms with Gasteiger partial charge in [0.25, 0.3) is 0 Å². The number of rotatable bonds is 6. The van der Waals surface area contributed by atoms with Gasteiger partial charge in [0.15, 0.2) is 0 Å². The Hall–Kier alpha value is -1.46. The molecule has 0 aliphatic rings. The smallest absolute Gasteiger partial charge is 0.142 e. The molecule has 27 heavy (non-hydrogen) atoms. The largest absolute Gasteiger partial charge is 0.455 e. The topological polar surface area (TPSA) is 9.23 Å². The number of ether oxygens (including phenoxy) is 1. The van der Waals surface area contributed by atoms with Crippen molar-refractivity contribution in [1.29, 1.82) is 0 Å². The van der Waals surface area contributed by atoms with Gasteiger partial charge in [0.1, 0.15) is 23.1 Å². The first-order chi connectivity index (χ1) is 12.8. The van der Waals surface area contributed by atoms with Crippen LogP contribution in [0.4, 0.5) is 8.78 Å². The molecule has 0 aromatic heterocycles. The van der Waals surface area contributed by atoms with Crippen LogP contribution in [0.5, 0.6) is 11.5 Å². The minimum Gasteiger partial charge on any atom is -0.455 e. The highest BCUT2D eigenvalue weighted by Crippen LogP contribution is 2.40. The van der Waals surface area contributed by atoms with Crippen LogP contribution in [-0.4, -0.2) is 0 Å². The van der Waals surface area contributed by atoms with Crippen LogP contribution in [0.3, 0.4) is 0 Å². The predicted molar refractivity (Wildman–Crippen MR) is 115 cm³/mol. The highest BCUT2D eigenvalue weighted by molar-refractivity contribution is 9.11. The fraction of sp³-hybridized carbons (Fsp3) is 0.273. The molecule has 0 unspecified atom stereocenters. The first-order valence-corrected chi connectivity index (χ1v) is 10.2. The molecule has 0 aliphatic heterocycles. The third-order valence-electron chi connectivity index (χ3n) is 4.22. The van der Waals surface area contributed by atoms with Gasteiger partial charge in [-0.05, 0) is 95.7 Å². The first kappa shape index (κ1) is 21.8. The van der Waals surface area contributed by atoms with Crippen LogP contribution in [0.1, 0.15) is 36.1 Å². The summed E-state index contributed by atoms with van der Waals surface area (Å²) in [6.07, 6.45) is 8.44. The molecule has 2 aromatic rings. The Balaban J connectivity index is 2.54. The van der Waals surface area contributed by atoms with E-state index in [-0.39, 0.29) is 11.6 Å². The van der Waals surface area contributed by atoms with E-state index in [0.29, 0.717) is 55.5 Å². The molecule has 0 saturated heterocycles. The maximum atomic E-state index is 14.5. The average Bonchev–Trinajstić information content (AvgIpc) is 2.64. The molecule has 0 radical (unpaired) electrons. The van der Waals surface area contributed by atoms with Gasteiger partial charge < -0.3 is 4.74 Å². The quantitative estimate of drug-likeness (QED) is 0.364. The Labute approximate surface area is 176 Å². The molecule has 2 rings (SSSR count). The molecule has 0 atom stereocenters. The summed E-state index contributed by atoms with van der Waals surface area (Å²) >= 11 is 6.95. The molecular formula is C22H22Br2F2O. The van der Waals surface area contributed by atoms with Crippen molar-refractivity contribution in [3.05, 3.63) is 79.3 Å². The maximum Gasteiger partial charge on any atom is 0.142 e. The van der Waals surface area contributed by atoms with E-state index in [1.807, 2.05) is 38.2 Å². The van der Waals surface area contributed by atoms with E-state index in [0.717, 1.165) is 0 Å². The maximum absolute atomic E-state index is 14.5. The van der Waals surface area contributed by atoms with Gasteiger partial charge in [-0.3, -0.25) is 0 Å². The molecule has 0 fully saturated rings. The van der Waals surface area contributed by atoms with Gasteiger partial charge in [0, 0.05) is 11.1 Å². The van der Waals surface area contributed by atoms with Crippen molar-refractivity contribution < 1.29 is 13.5 Å². The Kier molecular flexibility index (Phi) is 7.80. The van der Waals surface area contributed by atoms with Crippen LogP contribution in [0.2, 0.25) is 0 Å². The summed E-state index contributed by atoms with van der Waals surface area (Å²) in [7, 11) is 0. The third-order valence-corrected chi connectivity index (χ3v) is 5.95. The van der Waals surface area contributed by atoms with Gasteiger partial charge in [0.2, 0.25) is 0 Å². The summed E-state index contributed by atoms with van der Waals surface area (Å²) in [5, 5.41) is 0. The van der Waals surface area contributed by atoms with Crippen LogP contribution >= 0.6 is 31.9 Å². The molecule has 5 heteroatoms. The van der Waals surface area contributed by atoms with Gasteiger partial charge in [-0.1, -0.05) is 24.3 Å². The zero-order chi connectivity index (χ0) is 20.1. The molecule has 0 amide bonds. The van der Waals surface area contributed by atoms with E-state index in [4.69, 9.17) is 4.74 Å². The van der Waals surface area contributed by atoms with Crippen LogP contribution in [-0.2, 0) is 12.8 Å². The van der Waals surface area contributed by atoms with Crippen LogP contribution in [0.25, 0.3) is 0 Å². The van der Waals surface area contributed by atoms with E-state index in [2.05, 4.69) is 31.9 Å². The van der Waals surface area contributed by atoms with Crippen molar-refractivity contribution in [2.24, 2.45) is 0 Å². The monoisotopic (exact) mass is 498 g/mol. The third kappa shape index (κ3) is 4.88. The Morgan fingerprint density at radius 1 is 0.815 bits per heavy atom. The van der Waals surface area contributed by atoms with Crippen molar-refractivity contribution in [1.82, 2.24) is 0 Å². The zero-order valence-corrected chi connectivity index (χ0v) is 19.0. The van der Waals surface area contributed by atoms with Crippen LogP contribution in [0.15, 0.2) is 45.4 Å². The molecule has 0 heterocycles. The number of hydrogen-bond donors (Lipinski definition) is 0. The van der Waals surface area contributed by atoms with E-state index in [9.17, 15) is 8.78 Å². The minimum absolute atomic E-state index is 0.254. The number of aryl methyl sites for hydroxylation is 2. The number of benzene rings is 2. The summed E-state index contributed by atoms with van der Waals surface area (Å²) < 4.78 is 36.2. The lowest BCUT2D eigenvalue weighted by Gasteiger charge is -2.17. The number of halogens is 4. The minimum atomic E-state index is -0.254. The van der Waals surface area contributed by atoms with Crippen molar-refractivity contribution in [2.45, 2.75) is 40.5 Å². The first-order valence-electron chi connectivity index (χ1n) is 8.66. The van der Waals surface area contributed by atoms with Crippen molar-refractivity contribution in [2.75, 3.05) is 0 Å². The van der Waals surface area contributed by atoms with Gasteiger partial charge in [0.05, 0.1) is 8.95 Å². The molecule has 0 bridgehead atoms. The second-order valence-electron chi connectivity index (χ2n) is 6.24. The summed E-state index contributed by atoms with van der Waals surface area (Å²) in [4.78, 5) is 0. The van der Waals surface area contributed by atoms with Gasteiger partial charge in [-0.2, -0.15) is 0 Å². The Bertz CT molecular complexity index is 829. The Morgan fingerprint density at radius 2 is 1.19 bits per heavy atom. The summed E-state index contributed by atoms with van der Waals surface area (Å²) in [5.74, 6) is 0.486. The Morgan fingerprint density at radius 3 is 1.52 bits per heavy atom. The summed E-state index contributed by atoms with van der Waals surface area (Å²) in [6, 6.07) is 3.30. The van der Waals surface area contributed by atoms with E-state index >= 15 is 0 Å². The molecule has 144 valence electrons. The molecule has 0 N–H and O–H groups in total. The molecule has 2 aromatic carbocycles. The molecule has 1 nitrogen and oxygen atoms in total. The standard InChI is InChI=1S/C22H22Br2F2O/c1-5-7-9-15-19(23)17(11-13(3)21(15)25)27-18-12-14(4)22(26)16(20(18)24)10-8-6-2/h5-8,11-12H,9-10H2,1-4H3. The van der Waals surface area contributed by atoms with Crippen molar-refractivity contribution in [3.63, 3.8) is 0 Å². The number of allylic oxidation sites excluding steroid dienone is 4. The van der Waals surface area contributed by atoms with E-state index < -0.39 is 0 Å². The molecular weight excluding hydrogens is 478 g/mol. The zero-order valence-electron chi connectivity index (χ0n) is 15.8. The lowest BCUT2D eigenvalue weighted by Crippen LogP contribution is -2.01. The summed E-state index contributed by atoms with van der Waals surface area (Å²) in [5.41, 5.74) is 2.06. The second kappa shape index (κ2) is 9.65. The highest BCUT2D eigenvalue weighted by Gasteiger charge is 2.19. The van der Waals surface area contributed by atoms with E-state index in [1.165, 1.54) is 0 Å². The lowest BCUT2D eigenvalue weighted by molar-refractivity contribution is 0.467. The van der Waals surface area contributed by atoms with Gasteiger partial charge in [-0.15, -0.1) is 0 Å². The van der Waals surface area contributed by atoms with Gasteiger partial charge in [-0.25, -0.2) is 8.78 Å². The fourth-order valence-electron chi connectivity index (χ4n) is 2.71. The van der Waals surface area contributed by atoms with Crippen LogP contribution in [0, 0.1) is 25.5 Å². The van der Waals surface area contributed by atoms with Crippen molar-refractivity contribution in [3.8, 4) is 11.5 Å². The van der Waals surface area contributed by atoms with Crippen LogP contribution < -0.4 is 4.74 Å². The van der Waals surface area contributed by atoms with E-state index in [1.54, 1.807) is 26.0 Å². The van der Waals surface area contributed by atoms with Gasteiger partial charge >= 0.3 is 0 Å². The summed E-state index contributed by atoms with van der Waals surface area (Å²) in [6.45, 7) is 7.19. The normalized spacial score (nSPS) is 11.7. The lowest BCUT2D eigenvalue weighted by atomic mass is 10.1. The average molecular weight is 500 g/mol. The molecule has 0 saturated carbocycles.